The summed E-state index contributed by atoms with van der Waals surface area (Å²) in [6.45, 7) is 18.7. The Kier molecular flexibility index (Phi) is 11.9. The molecule has 2 nitrogen and oxygen atoms in total. The lowest BCUT2D eigenvalue weighted by Gasteiger charge is -2.33. The monoisotopic (exact) mass is 1140 g/mol. The molecule has 12 aromatic carbocycles. The second kappa shape index (κ2) is 19.6. The Morgan fingerprint density at radius 2 is 0.640 bits per heavy atom. The van der Waals surface area contributed by atoms with Crippen molar-refractivity contribution in [2.24, 2.45) is 0 Å². The number of nitrogens with zero attached hydrogens (tertiary/aromatic N) is 2. The SMILES string of the molecule is Cc1cc(-c2ccc(N(c3ccc4c(c3)C(C)(C)c3ccccc3-4)c3c(C)cccc3-c3cccc4c3sc3ccccc34)c(C)c2)ccc1N(c1ccc2c(c1)C(C)(C)c1ccccc1-2)c1c(C)cccc1-c1cccc2c1sc1ccccc12. The molecule has 4 heteroatoms. The van der Waals surface area contributed by atoms with Gasteiger partial charge < -0.3 is 9.80 Å². The zero-order valence-electron chi connectivity index (χ0n) is 49.8. The fraction of sp³-hybridized carbons (Fsp3) is 0.122. The molecule has 2 aromatic heterocycles. The number of benzene rings is 12. The van der Waals surface area contributed by atoms with Crippen LogP contribution >= 0.6 is 22.7 Å². The normalized spacial score (nSPS) is 13.5. The molecule has 0 N–H and O–H groups in total. The van der Waals surface area contributed by atoms with Crippen molar-refractivity contribution in [3.63, 3.8) is 0 Å². The fourth-order valence-electron chi connectivity index (χ4n) is 14.9. The molecule has 2 heterocycles. The molecule has 14 aromatic rings. The van der Waals surface area contributed by atoms with E-state index < -0.39 is 0 Å². The first kappa shape index (κ1) is 52.3. The van der Waals surface area contributed by atoms with Crippen LogP contribution in [0.3, 0.4) is 0 Å². The van der Waals surface area contributed by atoms with Crippen molar-refractivity contribution in [2.75, 3.05) is 9.80 Å². The van der Waals surface area contributed by atoms with Crippen molar-refractivity contribution in [1.29, 1.82) is 0 Å². The summed E-state index contributed by atoms with van der Waals surface area (Å²) >= 11 is 3.79. The van der Waals surface area contributed by atoms with Gasteiger partial charge in [-0.25, -0.2) is 0 Å². The van der Waals surface area contributed by atoms with E-state index in [1.54, 1.807) is 0 Å². The number of rotatable bonds is 9. The van der Waals surface area contributed by atoms with Crippen LogP contribution in [0.15, 0.2) is 243 Å². The second-order valence-electron chi connectivity index (χ2n) is 25.0. The highest BCUT2D eigenvalue weighted by Crippen LogP contribution is 2.56. The maximum atomic E-state index is 2.57. The predicted molar refractivity (Wildman–Crippen MR) is 372 cm³/mol. The fourth-order valence-corrected chi connectivity index (χ4v) is 17.3. The van der Waals surface area contributed by atoms with Gasteiger partial charge in [0.05, 0.1) is 11.4 Å². The maximum absolute atomic E-state index is 2.57. The molecule has 0 unspecified atom stereocenters. The molecule has 0 atom stereocenters. The van der Waals surface area contributed by atoms with Gasteiger partial charge in [-0.15, -0.1) is 22.7 Å². The summed E-state index contributed by atoms with van der Waals surface area (Å²) in [5.74, 6) is 0. The number of aryl methyl sites for hydroxylation is 4. The molecule has 2 aliphatic rings. The van der Waals surface area contributed by atoms with Gasteiger partial charge in [0.2, 0.25) is 0 Å². The lowest BCUT2D eigenvalue weighted by Crippen LogP contribution is -2.18. The van der Waals surface area contributed by atoms with E-state index >= 15 is 0 Å². The van der Waals surface area contributed by atoms with E-state index in [0.29, 0.717) is 0 Å². The molecule has 0 saturated heterocycles. The molecule has 0 amide bonds. The van der Waals surface area contributed by atoms with Gasteiger partial charge in [-0.2, -0.15) is 0 Å². The number of fused-ring (bicyclic) bond motifs is 12. The molecule has 0 spiro atoms. The van der Waals surface area contributed by atoms with Gasteiger partial charge in [0.1, 0.15) is 0 Å². The molecular formula is C82H64N2S2. The summed E-state index contributed by atoms with van der Waals surface area (Å²) < 4.78 is 5.24. The highest BCUT2D eigenvalue weighted by atomic mass is 32.1. The molecule has 2 aliphatic carbocycles. The van der Waals surface area contributed by atoms with Crippen molar-refractivity contribution in [2.45, 2.75) is 66.2 Å². The van der Waals surface area contributed by atoms with Gasteiger partial charge in [-0.3, -0.25) is 0 Å². The molecule has 0 radical (unpaired) electrons. The minimum Gasteiger partial charge on any atom is -0.309 e. The van der Waals surface area contributed by atoms with Crippen molar-refractivity contribution >= 4 is 97.1 Å². The maximum Gasteiger partial charge on any atom is 0.0569 e. The summed E-state index contributed by atoms with van der Waals surface area (Å²) in [4.78, 5) is 5.13. The zero-order chi connectivity index (χ0) is 58.3. The first-order valence-electron chi connectivity index (χ1n) is 30.1. The highest BCUT2D eigenvalue weighted by molar-refractivity contribution is 7.26. The quantitative estimate of drug-likeness (QED) is 0.142. The Balaban J connectivity index is 0.852. The topological polar surface area (TPSA) is 6.48 Å². The van der Waals surface area contributed by atoms with E-state index in [-0.39, 0.29) is 10.8 Å². The Bertz CT molecular complexity index is 4820. The van der Waals surface area contributed by atoms with Crippen LogP contribution in [0.4, 0.5) is 34.1 Å². The van der Waals surface area contributed by atoms with Crippen LogP contribution in [0.5, 0.6) is 0 Å². The summed E-state index contributed by atoms with van der Waals surface area (Å²) in [7, 11) is 0. The first-order valence-corrected chi connectivity index (χ1v) is 31.8. The smallest absolute Gasteiger partial charge is 0.0569 e. The van der Waals surface area contributed by atoms with E-state index in [4.69, 9.17) is 0 Å². The summed E-state index contributed by atoms with van der Waals surface area (Å²) in [6.07, 6.45) is 0. The average Bonchev–Trinajstić information content (AvgIpc) is 1.58. The van der Waals surface area contributed by atoms with Gasteiger partial charge in [-0.1, -0.05) is 210 Å². The van der Waals surface area contributed by atoms with Crippen LogP contribution in [0, 0.1) is 27.7 Å². The highest BCUT2D eigenvalue weighted by Gasteiger charge is 2.38. The molecule has 0 aliphatic heterocycles. The van der Waals surface area contributed by atoms with Crippen LogP contribution in [0.25, 0.3) is 96.0 Å². The van der Waals surface area contributed by atoms with E-state index in [0.717, 1.165) is 22.7 Å². The third kappa shape index (κ3) is 7.89. The third-order valence-corrected chi connectivity index (χ3v) is 21.6. The summed E-state index contributed by atoms with van der Waals surface area (Å²) in [5, 5.41) is 5.22. The Labute approximate surface area is 512 Å². The molecule has 0 saturated carbocycles. The van der Waals surface area contributed by atoms with Crippen molar-refractivity contribution in [3.05, 3.63) is 287 Å². The minimum absolute atomic E-state index is 0.166. The van der Waals surface area contributed by atoms with Gasteiger partial charge in [0, 0.05) is 96.2 Å². The van der Waals surface area contributed by atoms with Crippen LogP contribution in [-0.2, 0) is 10.8 Å². The Morgan fingerprint density at radius 1 is 0.279 bits per heavy atom. The van der Waals surface area contributed by atoms with Gasteiger partial charge in [0.15, 0.2) is 0 Å². The van der Waals surface area contributed by atoms with Gasteiger partial charge >= 0.3 is 0 Å². The summed E-state index contributed by atoms with van der Waals surface area (Å²) in [5.41, 5.74) is 29.6. The van der Waals surface area contributed by atoms with Crippen molar-refractivity contribution in [1.82, 2.24) is 0 Å². The number of anilines is 6. The van der Waals surface area contributed by atoms with Crippen LogP contribution in [-0.4, -0.2) is 0 Å². The first-order chi connectivity index (χ1) is 41.8. The van der Waals surface area contributed by atoms with Gasteiger partial charge in [-0.05, 0) is 166 Å². The molecule has 0 bridgehead atoms. The van der Waals surface area contributed by atoms with Crippen LogP contribution in [0.2, 0.25) is 0 Å². The van der Waals surface area contributed by atoms with Crippen LogP contribution < -0.4 is 9.80 Å². The molecule has 0 fully saturated rings. The lowest BCUT2D eigenvalue weighted by molar-refractivity contribution is 0.660. The molecule has 16 rings (SSSR count). The average molecular weight is 1140 g/mol. The van der Waals surface area contributed by atoms with E-state index in [9.17, 15) is 0 Å². The van der Waals surface area contributed by atoms with Gasteiger partial charge in [0.25, 0.3) is 0 Å². The minimum atomic E-state index is -0.166. The van der Waals surface area contributed by atoms with Crippen LogP contribution in [0.1, 0.15) is 72.2 Å². The number of hydrogen-bond acceptors (Lipinski definition) is 4. The number of para-hydroxylation sites is 2. The second-order valence-corrected chi connectivity index (χ2v) is 27.1. The van der Waals surface area contributed by atoms with Crippen molar-refractivity contribution in [3.8, 4) is 55.6 Å². The predicted octanol–water partition coefficient (Wildman–Crippen LogP) is 24.2. The molecular weight excluding hydrogens is 1080 g/mol. The zero-order valence-corrected chi connectivity index (χ0v) is 51.4. The van der Waals surface area contributed by atoms with E-state index in [1.165, 1.54) is 152 Å². The Hall–Kier alpha value is -9.32. The standard InChI is InChI=1S/C82H64N2S2/c1-49-21-17-27-63(67-31-19-29-65-61-25-11-15-35-75(61)85-79(65)67)77(49)83(55-39-41-59-57-23-9-13-33-69(57)81(5,6)71(59)47-55)73-43-37-53(45-51(73)3)54-38-44-74(52(4)46-54)84(56-40-42-60-58-24-10-14-34-70(58)82(7,8)72(60)48-56)78-50(2)22-18-28-64(78)68-32-20-30-66-62-26-12-16-36-76(62)86-80(66)68/h9-48H,1-8H3. The summed E-state index contributed by atoms with van der Waals surface area (Å²) in [6, 6.07) is 91.8. The third-order valence-electron chi connectivity index (χ3n) is 19.2. The van der Waals surface area contributed by atoms with E-state index in [1.807, 2.05) is 22.7 Å². The molecule has 86 heavy (non-hydrogen) atoms. The Morgan fingerprint density at radius 3 is 1.08 bits per heavy atom. The number of thiophene rings is 2. The van der Waals surface area contributed by atoms with Crippen molar-refractivity contribution < 1.29 is 0 Å². The lowest BCUT2D eigenvalue weighted by atomic mass is 9.82. The largest absolute Gasteiger partial charge is 0.309 e. The van der Waals surface area contributed by atoms with E-state index in [2.05, 4.69) is 308 Å². The molecule has 414 valence electrons. The number of hydrogen-bond donors (Lipinski definition) is 0.